The Labute approximate surface area is 229 Å². The second kappa shape index (κ2) is 12.2. The smallest absolute Gasteiger partial charge is 0.315 e. The second-order valence-corrected chi connectivity index (χ2v) is 12.9. The summed E-state index contributed by atoms with van der Waals surface area (Å²) in [4.78, 5) is 41.2. The van der Waals surface area contributed by atoms with Crippen LogP contribution in [0.4, 0.5) is 4.79 Å². The fourth-order valence-corrected chi connectivity index (χ4v) is 5.64. The Morgan fingerprint density at radius 2 is 1.71 bits per heavy atom. The number of rotatable bonds is 8. The standard InChI is InChI=1S/C29H40N4O4S/c1-19-12-10-11-15-21(19)17-30-25(35)24-29(5,6)38-18-33(24)26(36)23(34)22(16-20-13-8-7-9-14-20)31-27(37)32-28(2,3)4/h7-15,22-24,34H,16-18H2,1-6H3,(H,30,35)(H2,31,32,37)/t22-,23-,24+/m0/s1. The van der Waals surface area contributed by atoms with Crippen LogP contribution in [0, 0.1) is 6.92 Å². The van der Waals surface area contributed by atoms with Gasteiger partial charge in [-0.15, -0.1) is 11.8 Å². The van der Waals surface area contributed by atoms with Crippen LogP contribution in [0.5, 0.6) is 0 Å². The van der Waals surface area contributed by atoms with E-state index in [4.69, 9.17) is 0 Å². The van der Waals surface area contributed by atoms with Crippen molar-refractivity contribution in [2.24, 2.45) is 0 Å². The van der Waals surface area contributed by atoms with Gasteiger partial charge in [0.1, 0.15) is 6.04 Å². The van der Waals surface area contributed by atoms with Gasteiger partial charge in [-0.3, -0.25) is 9.59 Å². The first-order chi connectivity index (χ1) is 17.8. The Morgan fingerprint density at radius 3 is 2.34 bits per heavy atom. The monoisotopic (exact) mass is 540 g/mol. The molecule has 1 saturated heterocycles. The molecule has 0 spiro atoms. The van der Waals surface area contributed by atoms with Crippen molar-refractivity contribution in [3.8, 4) is 0 Å². The van der Waals surface area contributed by atoms with Gasteiger partial charge in [0.15, 0.2) is 6.10 Å². The molecule has 3 atom stereocenters. The van der Waals surface area contributed by atoms with Crippen LogP contribution in [0.15, 0.2) is 54.6 Å². The maximum atomic E-state index is 13.7. The summed E-state index contributed by atoms with van der Waals surface area (Å²) in [6, 6.07) is 15.0. The lowest BCUT2D eigenvalue weighted by atomic mass is 9.97. The number of carbonyl (C=O) groups is 3. The molecule has 1 aliphatic heterocycles. The molecule has 38 heavy (non-hydrogen) atoms. The summed E-state index contributed by atoms with van der Waals surface area (Å²) in [5.74, 6) is -0.602. The van der Waals surface area contributed by atoms with Gasteiger partial charge in [0.05, 0.1) is 11.9 Å². The lowest BCUT2D eigenvalue weighted by molar-refractivity contribution is -0.147. The highest BCUT2D eigenvalue weighted by molar-refractivity contribution is 8.00. The summed E-state index contributed by atoms with van der Waals surface area (Å²) in [6.07, 6.45) is -1.29. The minimum atomic E-state index is -1.54. The predicted molar refractivity (Wildman–Crippen MR) is 152 cm³/mol. The topological polar surface area (TPSA) is 111 Å². The molecule has 0 bridgehead atoms. The third kappa shape index (κ3) is 7.74. The second-order valence-electron chi connectivity index (χ2n) is 11.3. The molecule has 0 radical (unpaired) electrons. The van der Waals surface area contributed by atoms with Crippen LogP contribution in [-0.2, 0) is 22.6 Å². The van der Waals surface area contributed by atoms with Crippen LogP contribution < -0.4 is 16.0 Å². The van der Waals surface area contributed by atoms with Gasteiger partial charge < -0.3 is 26.0 Å². The van der Waals surface area contributed by atoms with Crippen molar-refractivity contribution in [2.75, 3.05) is 5.88 Å². The molecular formula is C29H40N4O4S. The zero-order valence-electron chi connectivity index (χ0n) is 23.1. The number of aliphatic hydroxyl groups is 1. The van der Waals surface area contributed by atoms with E-state index in [1.807, 2.05) is 96.1 Å². The van der Waals surface area contributed by atoms with Crippen molar-refractivity contribution in [1.82, 2.24) is 20.9 Å². The summed E-state index contributed by atoms with van der Waals surface area (Å²) < 4.78 is -0.558. The summed E-state index contributed by atoms with van der Waals surface area (Å²) >= 11 is 1.49. The number of nitrogens with one attached hydrogen (secondary N) is 3. The predicted octanol–water partition coefficient (Wildman–Crippen LogP) is 3.36. The molecule has 8 nitrogen and oxygen atoms in total. The van der Waals surface area contributed by atoms with Crippen molar-refractivity contribution in [1.29, 1.82) is 0 Å². The SMILES string of the molecule is Cc1ccccc1CNC(=O)[C@H]1N(C(=O)[C@@H](O)[C@H](Cc2ccccc2)NC(=O)NC(C)(C)C)CSC1(C)C. The fourth-order valence-electron chi connectivity index (χ4n) is 4.50. The quantitative estimate of drug-likeness (QED) is 0.410. The van der Waals surface area contributed by atoms with Gasteiger partial charge >= 0.3 is 6.03 Å². The van der Waals surface area contributed by atoms with Crippen molar-refractivity contribution in [3.05, 3.63) is 71.3 Å². The molecule has 2 aromatic carbocycles. The van der Waals surface area contributed by atoms with Gasteiger partial charge in [0, 0.05) is 16.8 Å². The van der Waals surface area contributed by atoms with Gasteiger partial charge in [-0.25, -0.2) is 4.79 Å². The number of nitrogens with zero attached hydrogens (tertiary/aromatic N) is 1. The van der Waals surface area contributed by atoms with E-state index in [0.717, 1.165) is 16.7 Å². The van der Waals surface area contributed by atoms with Crippen molar-refractivity contribution in [3.63, 3.8) is 0 Å². The van der Waals surface area contributed by atoms with E-state index in [0.29, 0.717) is 6.54 Å². The minimum absolute atomic E-state index is 0.250. The summed E-state index contributed by atoms with van der Waals surface area (Å²) in [5, 5.41) is 19.9. The molecule has 3 rings (SSSR count). The van der Waals surface area contributed by atoms with Crippen molar-refractivity contribution < 1.29 is 19.5 Å². The van der Waals surface area contributed by atoms with E-state index in [1.165, 1.54) is 16.7 Å². The molecule has 1 aliphatic rings. The maximum absolute atomic E-state index is 13.7. The molecule has 0 unspecified atom stereocenters. The lowest BCUT2D eigenvalue weighted by Gasteiger charge is -2.33. The Bertz CT molecular complexity index is 1130. The van der Waals surface area contributed by atoms with Crippen LogP contribution in [0.1, 0.15) is 51.3 Å². The molecule has 0 aliphatic carbocycles. The zero-order valence-corrected chi connectivity index (χ0v) is 23.9. The number of carbonyl (C=O) groups excluding carboxylic acids is 3. The maximum Gasteiger partial charge on any atom is 0.315 e. The van der Waals surface area contributed by atoms with Crippen LogP contribution in [0.2, 0.25) is 0 Å². The number of urea groups is 1. The molecule has 4 N–H and O–H groups in total. The van der Waals surface area contributed by atoms with Crippen molar-refractivity contribution in [2.45, 2.75) is 83.0 Å². The van der Waals surface area contributed by atoms with Gasteiger partial charge in [-0.2, -0.15) is 0 Å². The number of aryl methyl sites for hydroxylation is 1. The molecule has 2 aromatic rings. The zero-order chi connectivity index (χ0) is 28.1. The van der Waals surface area contributed by atoms with Crippen LogP contribution in [0.25, 0.3) is 0 Å². The van der Waals surface area contributed by atoms with Crippen molar-refractivity contribution >= 4 is 29.6 Å². The van der Waals surface area contributed by atoms with Gasteiger partial charge in [-0.05, 0) is 64.7 Å². The number of hydrogen-bond donors (Lipinski definition) is 4. The number of thioether (sulfide) groups is 1. The molecule has 206 valence electrons. The first kappa shape index (κ1) is 29.5. The number of hydrogen-bond acceptors (Lipinski definition) is 5. The fraction of sp³-hybridized carbons (Fsp3) is 0.483. The van der Waals surface area contributed by atoms with E-state index in [2.05, 4.69) is 16.0 Å². The highest BCUT2D eigenvalue weighted by atomic mass is 32.2. The lowest BCUT2D eigenvalue weighted by Crippen LogP contribution is -2.60. The highest BCUT2D eigenvalue weighted by Gasteiger charge is 2.49. The number of benzene rings is 2. The molecule has 1 fully saturated rings. The average molecular weight is 541 g/mol. The Kier molecular flexibility index (Phi) is 9.49. The van der Waals surface area contributed by atoms with E-state index in [-0.39, 0.29) is 18.2 Å². The first-order valence-electron chi connectivity index (χ1n) is 12.9. The molecular weight excluding hydrogens is 500 g/mol. The van der Waals surface area contributed by atoms with Crippen LogP contribution >= 0.6 is 11.8 Å². The summed E-state index contributed by atoms with van der Waals surface area (Å²) in [5.41, 5.74) is 2.44. The third-order valence-corrected chi connectivity index (χ3v) is 7.90. The molecule has 9 heteroatoms. The van der Waals surface area contributed by atoms with Gasteiger partial charge in [0.2, 0.25) is 5.91 Å². The van der Waals surface area contributed by atoms with Crippen LogP contribution in [-0.4, -0.2) is 62.2 Å². The molecule has 0 aromatic heterocycles. The first-order valence-corrected chi connectivity index (χ1v) is 13.8. The van der Waals surface area contributed by atoms with E-state index in [9.17, 15) is 19.5 Å². The van der Waals surface area contributed by atoms with Gasteiger partial charge in [0.25, 0.3) is 5.91 Å². The molecule has 1 heterocycles. The van der Waals surface area contributed by atoms with E-state index >= 15 is 0 Å². The molecule has 0 saturated carbocycles. The van der Waals surface area contributed by atoms with Gasteiger partial charge in [-0.1, -0.05) is 54.6 Å². The highest BCUT2D eigenvalue weighted by Crippen LogP contribution is 2.40. The average Bonchev–Trinajstić information content (AvgIpc) is 3.16. The number of aliphatic hydroxyl groups excluding tert-OH is 1. The van der Waals surface area contributed by atoms with E-state index in [1.54, 1.807) is 0 Å². The normalized spacial score (nSPS) is 18.4. The van der Waals surface area contributed by atoms with Crippen LogP contribution in [0.3, 0.4) is 0 Å². The Balaban J connectivity index is 1.79. The number of amides is 4. The Hall–Kier alpha value is -3.04. The molecule has 4 amide bonds. The summed E-state index contributed by atoms with van der Waals surface area (Å²) in [6.45, 7) is 11.7. The third-order valence-electron chi connectivity index (χ3n) is 6.53. The van der Waals surface area contributed by atoms with E-state index < -0.39 is 40.4 Å². The Morgan fingerprint density at radius 1 is 1.08 bits per heavy atom. The minimum Gasteiger partial charge on any atom is -0.381 e. The summed E-state index contributed by atoms with van der Waals surface area (Å²) in [7, 11) is 0. The largest absolute Gasteiger partial charge is 0.381 e.